The molecule has 2 heterocycles. The molecule has 1 aromatic carbocycles. The lowest BCUT2D eigenvalue weighted by atomic mass is 10.00. The highest BCUT2D eigenvalue weighted by Gasteiger charge is 2.22. The van der Waals surface area contributed by atoms with Crippen LogP contribution in [0, 0.1) is 21.4 Å². The van der Waals surface area contributed by atoms with E-state index in [1.165, 1.54) is 23.4 Å². The average molecular weight is 358 g/mol. The lowest BCUT2D eigenvalue weighted by Gasteiger charge is -2.29. The molecular formula is C17H16ClN5O2. The summed E-state index contributed by atoms with van der Waals surface area (Å²) < 4.78 is 0. The molecule has 0 saturated heterocycles. The van der Waals surface area contributed by atoms with Gasteiger partial charge in [0.15, 0.2) is 0 Å². The van der Waals surface area contributed by atoms with Crippen molar-refractivity contribution in [3.8, 4) is 6.07 Å². The topological polar surface area (TPSA) is 95.1 Å². The van der Waals surface area contributed by atoms with Crippen LogP contribution >= 0.6 is 11.6 Å². The van der Waals surface area contributed by atoms with Gasteiger partial charge in [-0.1, -0.05) is 23.7 Å². The summed E-state index contributed by atoms with van der Waals surface area (Å²) in [6, 6.07) is 9.10. The normalized spacial score (nSPS) is 13.8. The molecule has 0 bridgehead atoms. The number of fused-ring (bicyclic) bond motifs is 1. The molecule has 1 N–H and O–H groups in total. The van der Waals surface area contributed by atoms with Crippen LogP contribution < -0.4 is 5.32 Å². The first kappa shape index (κ1) is 17.1. The maximum Gasteiger partial charge on any atom is 0.328 e. The second-order valence-corrected chi connectivity index (χ2v) is 6.16. The molecule has 7 nitrogen and oxygen atoms in total. The smallest absolute Gasteiger partial charge is 0.328 e. The largest absolute Gasteiger partial charge is 0.363 e. The van der Waals surface area contributed by atoms with Crippen molar-refractivity contribution >= 4 is 23.1 Å². The number of anilines is 1. The van der Waals surface area contributed by atoms with E-state index >= 15 is 0 Å². The Balaban J connectivity index is 1.63. The van der Waals surface area contributed by atoms with E-state index in [0.29, 0.717) is 13.1 Å². The Morgan fingerprint density at radius 1 is 1.44 bits per heavy atom. The van der Waals surface area contributed by atoms with Crippen LogP contribution in [-0.4, -0.2) is 34.4 Å². The first-order valence-electron chi connectivity index (χ1n) is 7.86. The minimum Gasteiger partial charge on any atom is -0.363 e. The summed E-state index contributed by atoms with van der Waals surface area (Å²) in [4.78, 5) is 16.9. The predicted molar refractivity (Wildman–Crippen MR) is 94.5 cm³/mol. The predicted octanol–water partition coefficient (Wildman–Crippen LogP) is 2.99. The summed E-state index contributed by atoms with van der Waals surface area (Å²) in [6.45, 7) is 2.89. The Morgan fingerprint density at radius 3 is 3.04 bits per heavy atom. The molecule has 2 aromatic rings. The fraction of sp³-hybridized carbons (Fsp3) is 0.294. The van der Waals surface area contributed by atoms with Crippen molar-refractivity contribution < 1.29 is 4.92 Å². The van der Waals surface area contributed by atoms with Gasteiger partial charge in [-0.15, -0.1) is 0 Å². The minimum absolute atomic E-state index is 0.00374. The van der Waals surface area contributed by atoms with Gasteiger partial charge >= 0.3 is 5.69 Å². The van der Waals surface area contributed by atoms with E-state index in [1.54, 1.807) is 0 Å². The number of rotatable bonds is 5. The molecule has 0 amide bonds. The number of nitrogens with zero attached hydrogens (tertiary/aromatic N) is 4. The van der Waals surface area contributed by atoms with Crippen LogP contribution in [0.25, 0.3) is 0 Å². The quantitative estimate of drug-likeness (QED) is 0.653. The summed E-state index contributed by atoms with van der Waals surface area (Å²) in [6.07, 6.45) is 2.28. The van der Waals surface area contributed by atoms with Gasteiger partial charge in [-0.2, -0.15) is 5.26 Å². The van der Waals surface area contributed by atoms with Gasteiger partial charge in [-0.05, 0) is 29.7 Å². The lowest BCUT2D eigenvalue weighted by molar-refractivity contribution is -0.384. The Labute approximate surface area is 150 Å². The summed E-state index contributed by atoms with van der Waals surface area (Å²) in [5, 5.41) is 24.0. The van der Waals surface area contributed by atoms with Crippen LogP contribution in [0.5, 0.6) is 0 Å². The van der Waals surface area contributed by atoms with Gasteiger partial charge < -0.3 is 5.32 Å². The molecule has 0 aliphatic carbocycles. The van der Waals surface area contributed by atoms with Crippen LogP contribution in [0.2, 0.25) is 5.02 Å². The number of pyridine rings is 1. The standard InChI is InChI=1S/C17H16ClN5O2/c18-15-3-1-2-13-11-22(8-5-14(13)15)9-7-21-17-16(23(24)25)12(10-19)4-6-20-17/h1-4,6H,5,7-9,11H2,(H,20,21). The van der Waals surface area contributed by atoms with Crippen LogP contribution in [0.1, 0.15) is 16.7 Å². The second-order valence-electron chi connectivity index (χ2n) is 5.76. The third-order valence-corrected chi connectivity index (χ3v) is 4.59. The number of benzene rings is 1. The Hall–Kier alpha value is -2.69. The van der Waals surface area contributed by atoms with Gasteiger partial charge in [0.05, 0.1) is 4.92 Å². The van der Waals surface area contributed by atoms with E-state index in [9.17, 15) is 10.1 Å². The van der Waals surface area contributed by atoms with Gasteiger partial charge in [0.1, 0.15) is 11.6 Å². The van der Waals surface area contributed by atoms with Crippen molar-refractivity contribution in [2.75, 3.05) is 25.0 Å². The van der Waals surface area contributed by atoms with Crippen LogP contribution in [0.3, 0.4) is 0 Å². The molecule has 0 unspecified atom stereocenters. The number of hydrogen-bond donors (Lipinski definition) is 1. The second kappa shape index (κ2) is 7.47. The monoisotopic (exact) mass is 357 g/mol. The third-order valence-electron chi connectivity index (χ3n) is 4.24. The van der Waals surface area contributed by atoms with Crippen molar-refractivity contribution in [2.24, 2.45) is 0 Å². The van der Waals surface area contributed by atoms with Crippen LogP contribution in [-0.2, 0) is 13.0 Å². The molecule has 25 heavy (non-hydrogen) atoms. The van der Waals surface area contributed by atoms with Crippen molar-refractivity contribution in [2.45, 2.75) is 13.0 Å². The van der Waals surface area contributed by atoms with E-state index in [4.69, 9.17) is 16.9 Å². The van der Waals surface area contributed by atoms with Gasteiger partial charge in [-0.25, -0.2) is 4.98 Å². The molecule has 0 spiro atoms. The molecule has 3 rings (SSSR count). The van der Waals surface area contributed by atoms with Gasteiger partial charge in [0.25, 0.3) is 0 Å². The van der Waals surface area contributed by atoms with Crippen molar-refractivity contribution in [1.82, 2.24) is 9.88 Å². The number of nitrogens with one attached hydrogen (secondary N) is 1. The molecule has 128 valence electrons. The molecule has 1 aromatic heterocycles. The first-order chi connectivity index (χ1) is 12.1. The third kappa shape index (κ3) is 3.71. The fourth-order valence-electron chi connectivity index (χ4n) is 3.00. The molecule has 0 atom stereocenters. The van der Waals surface area contributed by atoms with Gasteiger partial charge in [-0.3, -0.25) is 15.0 Å². The maximum atomic E-state index is 11.2. The lowest BCUT2D eigenvalue weighted by Crippen LogP contribution is -2.34. The molecule has 0 radical (unpaired) electrons. The first-order valence-corrected chi connectivity index (χ1v) is 8.24. The van der Waals surface area contributed by atoms with Crippen molar-refractivity contribution in [1.29, 1.82) is 5.26 Å². The van der Waals surface area contributed by atoms with Gasteiger partial charge in [0, 0.05) is 37.4 Å². The summed E-state index contributed by atoms with van der Waals surface area (Å²) in [5.41, 5.74) is 2.14. The number of hydrogen-bond acceptors (Lipinski definition) is 6. The average Bonchev–Trinajstić information content (AvgIpc) is 2.61. The zero-order chi connectivity index (χ0) is 17.8. The van der Waals surface area contributed by atoms with Crippen LogP contribution in [0.15, 0.2) is 30.5 Å². The minimum atomic E-state index is -0.576. The van der Waals surface area contributed by atoms with Crippen molar-refractivity contribution in [3.63, 3.8) is 0 Å². The number of aromatic nitrogens is 1. The molecule has 0 saturated carbocycles. The Morgan fingerprint density at radius 2 is 2.28 bits per heavy atom. The number of nitro groups is 1. The Kier molecular flexibility index (Phi) is 5.12. The van der Waals surface area contributed by atoms with E-state index in [-0.39, 0.29) is 17.1 Å². The molecule has 1 aliphatic heterocycles. The summed E-state index contributed by atoms with van der Waals surface area (Å²) >= 11 is 6.22. The Bertz CT molecular complexity index is 849. The van der Waals surface area contributed by atoms with Gasteiger partial charge in [0.2, 0.25) is 5.82 Å². The summed E-state index contributed by atoms with van der Waals surface area (Å²) in [5.74, 6) is 0.129. The SMILES string of the molecule is N#Cc1ccnc(NCCN2CCc3c(Cl)cccc3C2)c1[N+](=O)[O-]. The van der Waals surface area contributed by atoms with E-state index in [2.05, 4.69) is 21.3 Å². The van der Waals surface area contributed by atoms with E-state index in [1.807, 2.05) is 18.2 Å². The molecule has 1 aliphatic rings. The molecular weight excluding hydrogens is 342 g/mol. The zero-order valence-corrected chi connectivity index (χ0v) is 14.2. The molecule has 8 heteroatoms. The number of halogens is 1. The molecule has 0 fully saturated rings. The highest BCUT2D eigenvalue weighted by atomic mass is 35.5. The van der Waals surface area contributed by atoms with Crippen molar-refractivity contribution in [3.05, 3.63) is 62.3 Å². The summed E-state index contributed by atoms with van der Waals surface area (Å²) in [7, 11) is 0. The van der Waals surface area contributed by atoms with Crippen LogP contribution in [0.4, 0.5) is 11.5 Å². The highest BCUT2D eigenvalue weighted by molar-refractivity contribution is 6.31. The van der Waals surface area contributed by atoms with E-state index < -0.39 is 4.92 Å². The highest BCUT2D eigenvalue weighted by Crippen LogP contribution is 2.27. The number of nitriles is 1. The zero-order valence-electron chi connectivity index (χ0n) is 13.4. The van der Waals surface area contributed by atoms with E-state index in [0.717, 1.165) is 24.5 Å². The fourth-order valence-corrected chi connectivity index (χ4v) is 3.29. The maximum absolute atomic E-state index is 11.2.